The summed E-state index contributed by atoms with van der Waals surface area (Å²) in [6.07, 6.45) is 2.54. The number of benzene rings is 1. The van der Waals surface area contributed by atoms with E-state index in [1.807, 2.05) is 0 Å². The Morgan fingerprint density at radius 1 is 1.22 bits per heavy atom. The highest BCUT2D eigenvalue weighted by Gasteiger charge is 2.29. The summed E-state index contributed by atoms with van der Waals surface area (Å²) in [7, 11) is 0. The molecular formula is C12H9N3O3. The molecule has 6 heteroatoms. The van der Waals surface area contributed by atoms with Gasteiger partial charge in [-0.1, -0.05) is 0 Å². The highest BCUT2D eigenvalue weighted by Crippen LogP contribution is 2.15. The van der Waals surface area contributed by atoms with Crippen LogP contribution in [0.2, 0.25) is 0 Å². The number of amides is 2. The lowest BCUT2D eigenvalue weighted by molar-refractivity contribution is 0.0810. The van der Waals surface area contributed by atoms with E-state index in [4.69, 9.17) is 4.74 Å². The predicted octanol–water partition coefficient (Wildman–Crippen LogP) is 1.22. The zero-order valence-corrected chi connectivity index (χ0v) is 9.37. The van der Waals surface area contributed by atoms with Crippen molar-refractivity contribution >= 4 is 23.0 Å². The quantitative estimate of drug-likeness (QED) is 0.753. The Bertz CT molecular complexity index is 641. The number of hydrogen-bond acceptors (Lipinski definition) is 5. The summed E-state index contributed by atoms with van der Waals surface area (Å²) in [5, 5.41) is 0. The third-order valence-corrected chi connectivity index (χ3v) is 2.72. The summed E-state index contributed by atoms with van der Waals surface area (Å²) >= 11 is 0. The summed E-state index contributed by atoms with van der Waals surface area (Å²) in [4.78, 5) is 32.7. The maximum absolute atomic E-state index is 12.1. The number of cyclic esters (lactones) is 1. The minimum Gasteiger partial charge on any atom is -0.447 e. The Morgan fingerprint density at radius 2 is 2.00 bits per heavy atom. The first-order chi connectivity index (χ1) is 8.75. The molecule has 3 rings (SSSR count). The third kappa shape index (κ3) is 1.67. The molecule has 18 heavy (non-hydrogen) atoms. The van der Waals surface area contributed by atoms with Crippen LogP contribution < -0.4 is 0 Å². The van der Waals surface area contributed by atoms with Gasteiger partial charge in [-0.05, 0) is 18.2 Å². The van der Waals surface area contributed by atoms with Crippen molar-refractivity contribution in [2.45, 2.75) is 0 Å². The van der Waals surface area contributed by atoms with Crippen molar-refractivity contribution in [3.05, 3.63) is 36.2 Å². The molecule has 1 aromatic carbocycles. The SMILES string of the molecule is O=C1OCCN1C(=O)c1ccc2nccnc2c1. The van der Waals surface area contributed by atoms with E-state index in [2.05, 4.69) is 9.97 Å². The van der Waals surface area contributed by atoms with Crippen LogP contribution in [-0.2, 0) is 4.74 Å². The van der Waals surface area contributed by atoms with Crippen LogP contribution in [0.3, 0.4) is 0 Å². The zero-order valence-electron chi connectivity index (χ0n) is 9.37. The van der Waals surface area contributed by atoms with Gasteiger partial charge in [-0.25, -0.2) is 9.69 Å². The summed E-state index contributed by atoms with van der Waals surface area (Å²) in [6, 6.07) is 4.96. The van der Waals surface area contributed by atoms with E-state index >= 15 is 0 Å². The molecule has 2 heterocycles. The first-order valence-electron chi connectivity index (χ1n) is 5.45. The fraction of sp³-hybridized carbons (Fsp3) is 0.167. The second-order valence-electron chi connectivity index (χ2n) is 3.83. The minimum absolute atomic E-state index is 0.248. The second kappa shape index (κ2) is 4.06. The number of fused-ring (bicyclic) bond motifs is 1. The topological polar surface area (TPSA) is 72.4 Å². The van der Waals surface area contributed by atoms with Gasteiger partial charge in [0.1, 0.15) is 6.61 Å². The van der Waals surface area contributed by atoms with Gasteiger partial charge in [0, 0.05) is 18.0 Å². The van der Waals surface area contributed by atoms with E-state index in [-0.39, 0.29) is 19.1 Å². The molecular weight excluding hydrogens is 234 g/mol. The van der Waals surface area contributed by atoms with Gasteiger partial charge in [0.2, 0.25) is 0 Å². The molecule has 0 spiro atoms. The summed E-state index contributed by atoms with van der Waals surface area (Å²) in [6.45, 7) is 0.536. The first kappa shape index (κ1) is 10.6. The van der Waals surface area contributed by atoms with Gasteiger partial charge in [-0.15, -0.1) is 0 Å². The first-order valence-corrected chi connectivity index (χ1v) is 5.45. The van der Waals surface area contributed by atoms with Gasteiger partial charge < -0.3 is 4.74 Å². The molecule has 1 saturated heterocycles. The highest BCUT2D eigenvalue weighted by atomic mass is 16.6. The smallest absolute Gasteiger partial charge is 0.416 e. The molecule has 0 radical (unpaired) electrons. The molecule has 0 atom stereocenters. The Labute approximate surface area is 102 Å². The molecule has 0 aliphatic carbocycles. The van der Waals surface area contributed by atoms with E-state index in [0.29, 0.717) is 16.6 Å². The van der Waals surface area contributed by atoms with Crippen molar-refractivity contribution in [3.63, 3.8) is 0 Å². The lowest BCUT2D eigenvalue weighted by atomic mass is 10.1. The predicted molar refractivity (Wildman–Crippen MR) is 61.9 cm³/mol. The zero-order chi connectivity index (χ0) is 12.5. The van der Waals surface area contributed by atoms with Crippen molar-refractivity contribution in [1.82, 2.24) is 14.9 Å². The Balaban J connectivity index is 1.99. The second-order valence-corrected chi connectivity index (χ2v) is 3.83. The maximum Gasteiger partial charge on any atom is 0.416 e. The number of aromatic nitrogens is 2. The summed E-state index contributed by atoms with van der Waals surface area (Å²) in [5.41, 5.74) is 1.73. The molecule has 2 aromatic rings. The van der Waals surface area contributed by atoms with Gasteiger partial charge in [0.25, 0.3) is 5.91 Å². The number of ether oxygens (including phenoxy) is 1. The largest absolute Gasteiger partial charge is 0.447 e. The van der Waals surface area contributed by atoms with Crippen LogP contribution in [-0.4, -0.2) is 40.0 Å². The van der Waals surface area contributed by atoms with Crippen LogP contribution in [0.15, 0.2) is 30.6 Å². The van der Waals surface area contributed by atoms with Gasteiger partial charge >= 0.3 is 6.09 Å². The Hall–Kier alpha value is -2.50. The van der Waals surface area contributed by atoms with Gasteiger partial charge in [0.15, 0.2) is 0 Å². The average molecular weight is 243 g/mol. The molecule has 0 N–H and O–H groups in total. The third-order valence-electron chi connectivity index (χ3n) is 2.72. The molecule has 0 bridgehead atoms. The minimum atomic E-state index is -0.598. The molecule has 6 nitrogen and oxygen atoms in total. The molecule has 2 amide bonds. The van der Waals surface area contributed by atoms with Crippen molar-refractivity contribution in [2.75, 3.05) is 13.2 Å². The van der Waals surface area contributed by atoms with Crippen LogP contribution in [0, 0.1) is 0 Å². The van der Waals surface area contributed by atoms with Crippen LogP contribution >= 0.6 is 0 Å². The van der Waals surface area contributed by atoms with Crippen LogP contribution in [0.4, 0.5) is 4.79 Å². The van der Waals surface area contributed by atoms with E-state index in [9.17, 15) is 9.59 Å². The van der Waals surface area contributed by atoms with Gasteiger partial charge in [-0.2, -0.15) is 0 Å². The Kier molecular flexibility index (Phi) is 2.40. The van der Waals surface area contributed by atoms with E-state index in [0.717, 1.165) is 4.90 Å². The molecule has 1 aliphatic heterocycles. The lowest BCUT2D eigenvalue weighted by Crippen LogP contribution is -2.31. The van der Waals surface area contributed by atoms with Crippen LogP contribution in [0.5, 0.6) is 0 Å². The molecule has 0 unspecified atom stereocenters. The van der Waals surface area contributed by atoms with E-state index in [1.54, 1.807) is 30.6 Å². The number of rotatable bonds is 1. The van der Waals surface area contributed by atoms with Crippen molar-refractivity contribution in [2.24, 2.45) is 0 Å². The fourth-order valence-corrected chi connectivity index (χ4v) is 1.83. The number of imide groups is 1. The molecule has 1 aliphatic rings. The number of carbonyl (C=O) groups excluding carboxylic acids is 2. The van der Waals surface area contributed by atoms with Crippen LogP contribution in [0.25, 0.3) is 11.0 Å². The average Bonchev–Trinajstić information content (AvgIpc) is 2.83. The fourth-order valence-electron chi connectivity index (χ4n) is 1.83. The van der Waals surface area contributed by atoms with E-state index < -0.39 is 6.09 Å². The van der Waals surface area contributed by atoms with Gasteiger partial charge in [-0.3, -0.25) is 14.8 Å². The monoisotopic (exact) mass is 243 g/mol. The van der Waals surface area contributed by atoms with Gasteiger partial charge in [0.05, 0.1) is 17.6 Å². The van der Waals surface area contributed by atoms with Crippen molar-refractivity contribution in [1.29, 1.82) is 0 Å². The number of nitrogens with zero attached hydrogens (tertiary/aromatic N) is 3. The molecule has 0 saturated carbocycles. The molecule has 1 fully saturated rings. The molecule has 1 aromatic heterocycles. The van der Waals surface area contributed by atoms with E-state index in [1.165, 1.54) is 0 Å². The number of hydrogen-bond donors (Lipinski definition) is 0. The lowest BCUT2D eigenvalue weighted by Gasteiger charge is -2.10. The normalized spacial score (nSPS) is 14.9. The Morgan fingerprint density at radius 3 is 2.72 bits per heavy atom. The summed E-state index contributed by atoms with van der Waals surface area (Å²) < 4.78 is 4.73. The summed E-state index contributed by atoms with van der Waals surface area (Å²) in [5.74, 6) is -0.370. The molecule has 90 valence electrons. The number of carbonyl (C=O) groups is 2. The van der Waals surface area contributed by atoms with Crippen molar-refractivity contribution in [3.8, 4) is 0 Å². The standard InChI is InChI=1S/C12H9N3O3/c16-11(15-5-6-18-12(15)17)8-1-2-9-10(7-8)14-4-3-13-9/h1-4,7H,5-6H2. The highest BCUT2D eigenvalue weighted by molar-refractivity contribution is 6.04. The van der Waals surface area contributed by atoms with Crippen LogP contribution in [0.1, 0.15) is 10.4 Å². The maximum atomic E-state index is 12.1. The van der Waals surface area contributed by atoms with Crippen molar-refractivity contribution < 1.29 is 14.3 Å².